The van der Waals surface area contributed by atoms with Gasteiger partial charge in [0.1, 0.15) is 0 Å². The SMILES string of the molecule is CCN(CC)CC(=O)Nc1ccc(S(=O)(=O)c2ccc(NC(=O)CN(CC)CC)cc2)cc1. The predicted octanol–water partition coefficient (Wildman–Crippen LogP) is 3.08. The zero-order valence-electron chi connectivity index (χ0n) is 19.8. The van der Waals surface area contributed by atoms with Crippen LogP contribution >= 0.6 is 0 Å². The molecule has 0 saturated heterocycles. The Hall–Kier alpha value is -2.75. The molecule has 2 amide bonds. The van der Waals surface area contributed by atoms with Crippen LogP contribution in [0.1, 0.15) is 27.7 Å². The Labute approximate surface area is 196 Å². The number of carbonyl (C=O) groups excluding carboxylic acids is 2. The van der Waals surface area contributed by atoms with Gasteiger partial charge in [0.15, 0.2) is 0 Å². The van der Waals surface area contributed by atoms with Crippen molar-refractivity contribution in [1.29, 1.82) is 0 Å². The van der Waals surface area contributed by atoms with E-state index in [9.17, 15) is 18.0 Å². The van der Waals surface area contributed by atoms with Gasteiger partial charge >= 0.3 is 0 Å². The van der Waals surface area contributed by atoms with Crippen molar-refractivity contribution in [2.24, 2.45) is 0 Å². The summed E-state index contributed by atoms with van der Waals surface area (Å²) < 4.78 is 25.9. The summed E-state index contributed by atoms with van der Waals surface area (Å²) in [6.45, 7) is 11.6. The molecule has 2 N–H and O–H groups in total. The number of likely N-dealkylation sites (N-methyl/N-ethyl adjacent to an activating group) is 2. The summed E-state index contributed by atoms with van der Waals surface area (Å²) in [6.07, 6.45) is 0. The standard InChI is InChI=1S/C24H34N4O4S/c1-5-27(6-2)17-23(29)25-19-9-13-21(14-10-19)33(31,32)22-15-11-20(12-16-22)26-24(30)18-28(7-3)8-4/h9-16H,5-8,17-18H2,1-4H3,(H,25,29)(H,26,30). The number of rotatable bonds is 12. The van der Waals surface area contributed by atoms with Crippen molar-refractivity contribution in [1.82, 2.24) is 9.80 Å². The largest absolute Gasteiger partial charge is 0.325 e. The van der Waals surface area contributed by atoms with E-state index >= 15 is 0 Å². The van der Waals surface area contributed by atoms with E-state index in [0.717, 1.165) is 26.2 Å². The third-order valence-electron chi connectivity index (χ3n) is 5.42. The molecule has 0 radical (unpaired) electrons. The van der Waals surface area contributed by atoms with E-state index in [1.165, 1.54) is 24.3 Å². The lowest BCUT2D eigenvalue weighted by molar-refractivity contribution is -0.118. The fourth-order valence-electron chi connectivity index (χ4n) is 3.27. The highest BCUT2D eigenvalue weighted by molar-refractivity contribution is 7.91. The molecule has 180 valence electrons. The van der Waals surface area contributed by atoms with Crippen molar-refractivity contribution in [2.75, 3.05) is 49.9 Å². The minimum Gasteiger partial charge on any atom is -0.325 e. The maximum atomic E-state index is 13.0. The summed E-state index contributed by atoms with van der Waals surface area (Å²) in [5.41, 5.74) is 1.08. The molecule has 0 aliphatic carbocycles. The first-order valence-electron chi connectivity index (χ1n) is 11.2. The molecule has 8 nitrogen and oxygen atoms in total. The van der Waals surface area contributed by atoms with E-state index in [4.69, 9.17) is 0 Å². The van der Waals surface area contributed by atoms with Crippen LogP contribution in [0.2, 0.25) is 0 Å². The van der Waals surface area contributed by atoms with E-state index in [1.807, 2.05) is 37.5 Å². The van der Waals surface area contributed by atoms with Crippen LogP contribution in [-0.2, 0) is 19.4 Å². The number of amides is 2. The van der Waals surface area contributed by atoms with Gasteiger partial charge in [-0.25, -0.2) is 8.42 Å². The highest BCUT2D eigenvalue weighted by atomic mass is 32.2. The molecular formula is C24H34N4O4S. The normalized spacial score (nSPS) is 11.6. The quantitative estimate of drug-likeness (QED) is 0.491. The van der Waals surface area contributed by atoms with Crippen LogP contribution in [0.15, 0.2) is 58.3 Å². The Morgan fingerprint density at radius 2 is 0.939 bits per heavy atom. The van der Waals surface area contributed by atoms with E-state index in [2.05, 4.69) is 10.6 Å². The van der Waals surface area contributed by atoms with Crippen molar-refractivity contribution in [3.63, 3.8) is 0 Å². The molecule has 0 atom stereocenters. The smallest absolute Gasteiger partial charge is 0.238 e. The van der Waals surface area contributed by atoms with Crippen molar-refractivity contribution in [3.05, 3.63) is 48.5 Å². The predicted molar refractivity (Wildman–Crippen MR) is 131 cm³/mol. The van der Waals surface area contributed by atoms with E-state index < -0.39 is 9.84 Å². The molecule has 2 aromatic carbocycles. The number of carbonyl (C=O) groups is 2. The molecule has 2 rings (SSSR count). The molecule has 0 saturated carbocycles. The van der Waals surface area contributed by atoms with Crippen molar-refractivity contribution >= 4 is 33.0 Å². The average Bonchev–Trinajstić information content (AvgIpc) is 2.81. The first kappa shape index (κ1) is 26.5. The number of anilines is 2. The minimum atomic E-state index is -3.73. The lowest BCUT2D eigenvalue weighted by Crippen LogP contribution is -2.32. The Bertz CT molecular complexity index is 936. The Kier molecular flexibility index (Phi) is 10.0. The maximum Gasteiger partial charge on any atom is 0.238 e. The molecule has 0 heterocycles. The Balaban J connectivity index is 2.04. The van der Waals surface area contributed by atoms with Gasteiger partial charge < -0.3 is 10.6 Å². The number of hydrogen-bond acceptors (Lipinski definition) is 6. The number of nitrogens with zero attached hydrogens (tertiary/aromatic N) is 2. The fraction of sp³-hybridized carbons (Fsp3) is 0.417. The maximum absolute atomic E-state index is 13.0. The van der Waals surface area contributed by atoms with Crippen LogP contribution in [0, 0.1) is 0 Å². The van der Waals surface area contributed by atoms with Crippen LogP contribution in [0.5, 0.6) is 0 Å². The average molecular weight is 475 g/mol. The second kappa shape index (κ2) is 12.5. The molecule has 0 aliphatic rings. The summed E-state index contributed by atoms with van der Waals surface area (Å²) in [7, 11) is -3.73. The second-order valence-corrected chi connectivity index (χ2v) is 9.52. The van der Waals surface area contributed by atoms with E-state index in [-0.39, 0.29) is 34.7 Å². The fourth-order valence-corrected chi connectivity index (χ4v) is 4.53. The van der Waals surface area contributed by atoms with Gasteiger partial charge in [0, 0.05) is 11.4 Å². The highest BCUT2D eigenvalue weighted by Gasteiger charge is 2.18. The molecule has 2 aromatic rings. The van der Waals surface area contributed by atoms with Gasteiger partial charge in [-0.3, -0.25) is 19.4 Å². The molecule has 0 fully saturated rings. The molecule has 0 aromatic heterocycles. The lowest BCUT2D eigenvalue weighted by atomic mass is 10.3. The number of nitrogens with one attached hydrogen (secondary N) is 2. The van der Waals surface area contributed by atoms with Crippen molar-refractivity contribution in [2.45, 2.75) is 37.5 Å². The van der Waals surface area contributed by atoms with Gasteiger partial charge in [-0.05, 0) is 74.7 Å². The van der Waals surface area contributed by atoms with E-state index in [0.29, 0.717) is 11.4 Å². The number of hydrogen-bond donors (Lipinski definition) is 2. The third-order valence-corrected chi connectivity index (χ3v) is 7.21. The molecule has 0 unspecified atom stereocenters. The monoisotopic (exact) mass is 474 g/mol. The molecule has 0 aliphatic heterocycles. The topological polar surface area (TPSA) is 98.8 Å². The summed E-state index contributed by atoms with van der Waals surface area (Å²) >= 11 is 0. The molecule has 9 heteroatoms. The third kappa shape index (κ3) is 7.66. The van der Waals surface area contributed by atoms with Gasteiger partial charge in [-0.1, -0.05) is 27.7 Å². The molecule has 0 spiro atoms. The minimum absolute atomic E-state index is 0.127. The Morgan fingerprint density at radius 3 is 1.21 bits per heavy atom. The van der Waals surface area contributed by atoms with Crippen LogP contribution in [0.25, 0.3) is 0 Å². The van der Waals surface area contributed by atoms with Gasteiger partial charge in [-0.15, -0.1) is 0 Å². The first-order valence-corrected chi connectivity index (χ1v) is 12.7. The molecule has 0 bridgehead atoms. The van der Waals surface area contributed by atoms with Crippen LogP contribution < -0.4 is 10.6 Å². The summed E-state index contributed by atoms with van der Waals surface area (Å²) in [5.74, 6) is -0.291. The Morgan fingerprint density at radius 1 is 0.636 bits per heavy atom. The van der Waals surface area contributed by atoms with Gasteiger partial charge in [0.05, 0.1) is 22.9 Å². The lowest BCUT2D eigenvalue weighted by Gasteiger charge is -2.17. The summed E-state index contributed by atoms with van der Waals surface area (Å²) in [5, 5.41) is 5.58. The van der Waals surface area contributed by atoms with Crippen LogP contribution in [-0.4, -0.2) is 69.3 Å². The first-order chi connectivity index (χ1) is 15.7. The van der Waals surface area contributed by atoms with Crippen LogP contribution in [0.3, 0.4) is 0 Å². The number of sulfone groups is 1. The van der Waals surface area contributed by atoms with Gasteiger partial charge in [0.25, 0.3) is 0 Å². The van der Waals surface area contributed by atoms with Crippen molar-refractivity contribution < 1.29 is 18.0 Å². The zero-order valence-corrected chi connectivity index (χ0v) is 20.6. The number of benzene rings is 2. The second-order valence-electron chi connectivity index (χ2n) is 7.57. The summed E-state index contributed by atoms with van der Waals surface area (Å²) in [6, 6.07) is 12.2. The molecule has 33 heavy (non-hydrogen) atoms. The van der Waals surface area contributed by atoms with Gasteiger partial charge in [-0.2, -0.15) is 0 Å². The van der Waals surface area contributed by atoms with E-state index in [1.54, 1.807) is 24.3 Å². The zero-order chi connectivity index (χ0) is 24.4. The van der Waals surface area contributed by atoms with Crippen molar-refractivity contribution in [3.8, 4) is 0 Å². The highest BCUT2D eigenvalue weighted by Crippen LogP contribution is 2.24. The van der Waals surface area contributed by atoms with Crippen LogP contribution in [0.4, 0.5) is 11.4 Å². The van der Waals surface area contributed by atoms with Gasteiger partial charge in [0.2, 0.25) is 21.7 Å². The molecular weight excluding hydrogens is 440 g/mol. The summed E-state index contributed by atoms with van der Waals surface area (Å²) in [4.78, 5) is 28.5.